The van der Waals surface area contributed by atoms with Crippen LogP contribution in [0.15, 0.2) is 84.6 Å². The van der Waals surface area contributed by atoms with Gasteiger partial charge in [0.15, 0.2) is 0 Å². The fraction of sp³-hybridized carbons (Fsp3) is 0.0435. The van der Waals surface area contributed by atoms with Crippen LogP contribution in [0.3, 0.4) is 0 Å². The molecule has 2 N–H and O–H groups in total. The van der Waals surface area contributed by atoms with Gasteiger partial charge >= 0.3 is 5.97 Å². The van der Waals surface area contributed by atoms with Crippen molar-refractivity contribution in [1.82, 2.24) is 5.32 Å². The Hall–Kier alpha value is -4.46. The Kier molecular flexibility index (Phi) is 6.74. The molecule has 0 unspecified atom stereocenters. The summed E-state index contributed by atoms with van der Waals surface area (Å²) in [7, 11) is 0. The van der Waals surface area contributed by atoms with E-state index in [0.29, 0.717) is 22.4 Å². The zero-order chi connectivity index (χ0) is 22.2. The van der Waals surface area contributed by atoms with Gasteiger partial charge in [0.05, 0.1) is 4.92 Å². The van der Waals surface area contributed by atoms with Crippen molar-refractivity contribution in [1.29, 1.82) is 0 Å². The number of ether oxygens (including phenoxy) is 1. The number of hydrogen-bond donors (Lipinski definition) is 2. The maximum absolute atomic E-state index is 12.3. The number of amides is 1. The van der Waals surface area contributed by atoms with E-state index in [1.165, 1.54) is 18.2 Å². The summed E-state index contributed by atoms with van der Waals surface area (Å²) < 4.78 is 5.76. The van der Waals surface area contributed by atoms with Crippen molar-refractivity contribution >= 4 is 23.6 Å². The van der Waals surface area contributed by atoms with Gasteiger partial charge in [-0.2, -0.15) is 0 Å². The van der Waals surface area contributed by atoms with Crippen molar-refractivity contribution in [3.05, 3.63) is 111 Å². The number of para-hydroxylation sites is 1. The molecule has 0 aromatic heterocycles. The summed E-state index contributed by atoms with van der Waals surface area (Å²) in [6.45, 7) is 0.0469. The highest BCUT2D eigenvalue weighted by atomic mass is 16.6. The van der Waals surface area contributed by atoms with Gasteiger partial charge in [0, 0.05) is 23.3 Å². The summed E-state index contributed by atoms with van der Waals surface area (Å²) in [5.41, 5.74) is 0.971. The van der Waals surface area contributed by atoms with Crippen molar-refractivity contribution in [2.24, 2.45) is 0 Å². The van der Waals surface area contributed by atoms with Crippen LogP contribution >= 0.6 is 0 Å². The van der Waals surface area contributed by atoms with Gasteiger partial charge in [-0.1, -0.05) is 48.5 Å². The number of benzene rings is 3. The standard InChI is InChI=1S/C23H18N2O6/c26-22(17-8-2-1-3-9-17)24-20(23(27)28)14-18-10-4-5-12-21(18)31-15-16-7-6-11-19(13-16)25(29)30/h1-14H,15H2,(H,24,26)(H,27,28). The number of aliphatic carboxylic acids is 1. The second-order valence-corrected chi connectivity index (χ2v) is 6.44. The van der Waals surface area contributed by atoms with Gasteiger partial charge in [0.2, 0.25) is 0 Å². The molecule has 0 fully saturated rings. The molecule has 156 valence electrons. The second kappa shape index (κ2) is 9.84. The van der Waals surface area contributed by atoms with E-state index in [2.05, 4.69) is 5.32 Å². The molecule has 0 saturated heterocycles. The summed E-state index contributed by atoms with van der Waals surface area (Å²) in [6, 6.07) is 21.0. The van der Waals surface area contributed by atoms with E-state index in [9.17, 15) is 24.8 Å². The Labute approximate surface area is 177 Å². The number of carbonyl (C=O) groups excluding carboxylic acids is 1. The normalized spacial score (nSPS) is 10.9. The third-order valence-corrected chi connectivity index (χ3v) is 4.25. The third-order valence-electron chi connectivity index (χ3n) is 4.25. The Bertz CT molecular complexity index is 1140. The lowest BCUT2D eigenvalue weighted by molar-refractivity contribution is -0.384. The Morgan fingerprint density at radius 1 is 1.00 bits per heavy atom. The topological polar surface area (TPSA) is 119 Å². The largest absolute Gasteiger partial charge is 0.488 e. The molecule has 0 heterocycles. The third kappa shape index (κ3) is 5.77. The lowest BCUT2D eigenvalue weighted by Gasteiger charge is -2.11. The van der Waals surface area contributed by atoms with Crippen LogP contribution in [0.2, 0.25) is 0 Å². The van der Waals surface area contributed by atoms with E-state index in [-0.39, 0.29) is 18.0 Å². The van der Waals surface area contributed by atoms with Gasteiger partial charge in [0.25, 0.3) is 11.6 Å². The average molecular weight is 418 g/mol. The summed E-state index contributed by atoms with van der Waals surface area (Å²) in [6.07, 6.45) is 1.30. The first-order chi connectivity index (χ1) is 14.9. The van der Waals surface area contributed by atoms with Crippen LogP contribution < -0.4 is 10.1 Å². The number of hydrogen-bond acceptors (Lipinski definition) is 5. The predicted molar refractivity (Wildman–Crippen MR) is 113 cm³/mol. The highest BCUT2D eigenvalue weighted by Crippen LogP contribution is 2.23. The number of non-ortho nitro benzene ring substituents is 1. The van der Waals surface area contributed by atoms with Crippen molar-refractivity contribution in [3.63, 3.8) is 0 Å². The lowest BCUT2D eigenvalue weighted by Crippen LogP contribution is -2.27. The van der Waals surface area contributed by atoms with E-state index in [1.54, 1.807) is 66.7 Å². The molecule has 0 radical (unpaired) electrons. The van der Waals surface area contributed by atoms with Crippen LogP contribution in [-0.4, -0.2) is 21.9 Å². The quantitative estimate of drug-likeness (QED) is 0.324. The number of carboxylic acids is 1. The van der Waals surface area contributed by atoms with Crippen molar-refractivity contribution < 1.29 is 24.4 Å². The molecule has 31 heavy (non-hydrogen) atoms. The molecule has 0 saturated carbocycles. The number of nitro benzene ring substituents is 1. The van der Waals surface area contributed by atoms with E-state index in [4.69, 9.17) is 4.74 Å². The summed E-state index contributed by atoms with van der Waals surface area (Å²) >= 11 is 0. The molecule has 0 bridgehead atoms. The van der Waals surface area contributed by atoms with E-state index in [0.717, 1.165) is 0 Å². The fourth-order valence-corrected chi connectivity index (χ4v) is 2.74. The first kappa shape index (κ1) is 21.3. The van der Waals surface area contributed by atoms with Crippen LogP contribution in [0.25, 0.3) is 6.08 Å². The van der Waals surface area contributed by atoms with Crippen LogP contribution in [0.1, 0.15) is 21.5 Å². The monoisotopic (exact) mass is 418 g/mol. The molecule has 3 aromatic rings. The maximum Gasteiger partial charge on any atom is 0.352 e. The molecule has 3 rings (SSSR count). The summed E-state index contributed by atoms with van der Waals surface area (Å²) in [5, 5.41) is 22.8. The molecule has 3 aromatic carbocycles. The van der Waals surface area contributed by atoms with Gasteiger partial charge in [-0.25, -0.2) is 4.79 Å². The van der Waals surface area contributed by atoms with E-state index >= 15 is 0 Å². The molecule has 0 aliphatic rings. The van der Waals surface area contributed by atoms with E-state index < -0.39 is 16.8 Å². The highest BCUT2D eigenvalue weighted by Gasteiger charge is 2.14. The number of nitro groups is 1. The molecule has 8 nitrogen and oxygen atoms in total. The second-order valence-electron chi connectivity index (χ2n) is 6.44. The predicted octanol–water partition coefficient (Wildman–Crippen LogP) is 4.03. The molecule has 0 aliphatic carbocycles. The van der Waals surface area contributed by atoms with E-state index in [1.807, 2.05) is 0 Å². The van der Waals surface area contributed by atoms with Gasteiger partial charge in [0.1, 0.15) is 18.1 Å². The zero-order valence-electron chi connectivity index (χ0n) is 16.2. The maximum atomic E-state index is 12.3. The van der Waals surface area contributed by atoms with Gasteiger partial charge in [-0.05, 0) is 29.8 Å². The average Bonchev–Trinajstić information content (AvgIpc) is 2.78. The number of nitrogens with zero attached hydrogens (tertiary/aromatic N) is 1. The van der Waals surface area contributed by atoms with Crippen LogP contribution in [0, 0.1) is 10.1 Å². The molecule has 0 aliphatic heterocycles. The number of nitrogens with one attached hydrogen (secondary N) is 1. The number of carboxylic acid groups (broad SMARTS) is 1. The Morgan fingerprint density at radius 3 is 2.42 bits per heavy atom. The molecule has 8 heteroatoms. The van der Waals surface area contributed by atoms with Crippen LogP contribution in [0.4, 0.5) is 5.69 Å². The van der Waals surface area contributed by atoms with Crippen molar-refractivity contribution in [3.8, 4) is 5.75 Å². The van der Waals surface area contributed by atoms with Gasteiger partial charge < -0.3 is 15.2 Å². The molecular formula is C23H18N2O6. The number of carbonyl (C=O) groups is 2. The highest BCUT2D eigenvalue weighted by molar-refractivity contribution is 6.02. The molecule has 1 amide bonds. The zero-order valence-corrected chi connectivity index (χ0v) is 16.2. The Balaban J connectivity index is 1.81. The first-order valence-electron chi connectivity index (χ1n) is 9.20. The fourth-order valence-electron chi connectivity index (χ4n) is 2.74. The summed E-state index contributed by atoms with van der Waals surface area (Å²) in [5.74, 6) is -1.50. The molecule has 0 spiro atoms. The lowest BCUT2D eigenvalue weighted by atomic mass is 10.1. The SMILES string of the molecule is O=C(O)C(=Cc1ccccc1OCc1cccc([N+](=O)[O-])c1)NC(=O)c1ccccc1. The molecule has 0 atom stereocenters. The first-order valence-corrected chi connectivity index (χ1v) is 9.20. The van der Waals surface area contributed by atoms with Crippen molar-refractivity contribution in [2.45, 2.75) is 6.61 Å². The minimum absolute atomic E-state index is 0.0469. The molecular weight excluding hydrogens is 400 g/mol. The van der Waals surface area contributed by atoms with Crippen LogP contribution in [0.5, 0.6) is 5.75 Å². The van der Waals surface area contributed by atoms with Gasteiger partial charge in [-0.15, -0.1) is 0 Å². The summed E-state index contributed by atoms with van der Waals surface area (Å²) in [4.78, 5) is 34.4. The van der Waals surface area contributed by atoms with Crippen LogP contribution in [-0.2, 0) is 11.4 Å². The minimum atomic E-state index is -1.31. The minimum Gasteiger partial charge on any atom is -0.488 e. The number of rotatable bonds is 8. The smallest absolute Gasteiger partial charge is 0.352 e. The van der Waals surface area contributed by atoms with Crippen molar-refractivity contribution in [2.75, 3.05) is 0 Å². The van der Waals surface area contributed by atoms with Gasteiger partial charge in [-0.3, -0.25) is 14.9 Å². The Morgan fingerprint density at radius 2 is 1.71 bits per heavy atom.